The Kier molecular flexibility index (Phi) is 56.6. The molecule has 0 bridgehead atoms. The van der Waals surface area contributed by atoms with Crippen LogP contribution in [0.1, 0.15) is 421 Å². The van der Waals surface area contributed by atoms with Gasteiger partial charge >= 0.3 is 23.9 Å². The lowest BCUT2D eigenvalue weighted by molar-refractivity contribution is -0.400. The molecule has 0 spiro atoms. The van der Waals surface area contributed by atoms with Crippen molar-refractivity contribution in [2.45, 2.75) is 581 Å². The SMILES string of the molecule is CCCCCCCCCCCCCCCCCC(=O)O[C@H]1[C@H](O)[C@@H](O)[C@H](O[C@@H]2[C@@H](O[C@@H]3O[C@@H](C)[C@H](OC(=O)CCCCCCCCCCCCCCC)[C@@H](O)[C@H]3O)[C@@H](C)O[C@@H](O[C@@H]3[C@@H](O)[C@H]4OC(=O)CCCCCCCCC[C@H](CCCCC)O[C@@H]5O[C@H](C)[C@H](O)[C@H](O)[C@H]5O[C@@H]4O[C@H]3C)[C@@H]2OC(=O)CCCCCCCCCCCCCCC)O[C@@H]1CO. The summed E-state index contributed by atoms with van der Waals surface area (Å²) in [4.78, 5) is 56.2. The van der Waals surface area contributed by atoms with Crippen molar-refractivity contribution in [2.75, 3.05) is 6.61 Å². The first-order valence-corrected chi connectivity index (χ1v) is 49.9. The Morgan fingerprint density at radius 3 is 1.13 bits per heavy atom. The minimum absolute atomic E-state index is 0.000805. The van der Waals surface area contributed by atoms with Gasteiger partial charge < -0.3 is 107 Å². The van der Waals surface area contributed by atoms with E-state index in [1.165, 1.54) is 161 Å². The fraction of sp³-hybridized carbons (Fsp3) is 0.958. The Labute approximate surface area is 734 Å². The average molecular weight is 1740 g/mol. The molecule has 0 saturated carbocycles. The van der Waals surface area contributed by atoms with Gasteiger partial charge in [0.15, 0.2) is 55.9 Å². The summed E-state index contributed by atoms with van der Waals surface area (Å²) < 4.78 is 90.6. The lowest BCUT2D eigenvalue weighted by atomic mass is 9.95. The maximum atomic E-state index is 14.9. The van der Waals surface area contributed by atoms with E-state index in [1.807, 2.05) is 0 Å². The molecule has 8 N–H and O–H groups in total. The normalized spacial score (nSPS) is 32.8. The number of ether oxygens (including phenoxy) is 14. The van der Waals surface area contributed by atoms with E-state index < -0.39 is 184 Å². The number of fused-ring (bicyclic) bond motifs is 2. The highest BCUT2D eigenvalue weighted by molar-refractivity contribution is 5.71. The molecule has 6 aliphatic rings. The topological polar surface area (TPSA) is 359 Å². The van der Waals surface area contributed by atoms with E-state index in [2.05, 4.69) is 27.7 Å². The van der Waals surface area contributed by atoms with Gasteiger partial charge in [0, 0.05) is 25.7 Å². The predicted molar refractivity (Wildman–Crippen MR) is 465 cm³/mol. The summed E-state index contributed by atoms with van der Waals surface area (Å²) in [5.41, 5.74) is 0. The molecule has 0 amide bonds. The molecular formula is C96H174O26. The van der Waals surface area contributed by atoms with Crippen LogP contribution >= 0.6 is 0 Å². The maximum Gasteiger partial charge on any atom is 0.306 e. The average Bonchev–Trinajstić information content (AvgIpc) is 0.758. The second kappa shape index (κ2) is 64.0. The highest BCUT2D eigenvalue weighted by Crippen LogP contribution is 2.41. The van der Waals surface area contributed by atoms with E-state index in [1.54, 1.807) is 20.8 Å². The van der Waals surface area contributed by atoms with Crippen molar-refractivity contribution in [3.63, 3.8) is 0 Å². The third-order valence-corrected chi connectivity index (χ3v) is 25.9. The fourth-order valence-corrected chi connectivity index (χ4v) is 18.1. The van der Waals surface area contributed by atoms with Gasteiger partial charge in [0.05, 0.1) is 37.1 Å². The van der Waals surface area contributed by atoms with Gasteiger partial charge in [-0.05, 0) is 66.2 Å². The summed E-state index contributed by atoms with van der Waals surface area (Å²) in [5.74, 6) is -2.74. The van der Waals surface area contributed by atoms with Crippen molar-refractivity contribution in [1.29, 1.82) is 0 Å². The van der Waals surface area contributed by atoms with Crippen LogP contribution in [0.25, 0.3) is 0 Å². The van der Waals surface area contributed by atoms with E-state index in [4.69, 9.17) is 66.3 Å². The number of carbonyl (C=O) groups excluding carboxylic acids is 4. The van der Waals surface area contributed by atoms with Crippen LogP contribution < -0.4 is 0 Å². The molecule has 6 saturated heterocycles. The fourth-order valence-electron chi connectivity index (χ4n) is 18.1. The number of hydrogen-bond donors (Lipinski definition) is 8. The quantitative estimate of drug-likeness (QED) is 0.0159. The number of aliphatic hydroxyl groups is 8. The van der Waals surface area contributed by atoms with Crippen LogP contribution in [0.15, 0.2) is 0 Å². The second-order valence-electron chi connectivity index (χ2n) is 36.7. The van der Waals surface area contributed by atoms with Gasteiger partial charge in [-0.25, -0.2) is 0 Å². The van der Waals surface area contributed by atoms with Crippen LogP contribution in [0, 0.1) is 0 Å². The van der Waals surface area contributed by atoms with E-state index in [0.717, 1.165) is 141 Å². The molecule has 26 atom stereocenters. The summed E-state index contributed by atoms with van der Waals surface area (Å²) in [6, 6.07) is 0. The van der Waals surface area contributed by atoms with Gasteiger partial charge in [-0.1, -0.05) is 329 Å². The lowest BCUT2D eigenvalue weighted by Crippen LogP contribution is -2.68. The van der Waals surface area contributed by atoms with Crippen LogP contribution in [0.4, 0.5) is 0 Å². The molecule has 0 aromatic rings. The number of hydrogen-bond acceptors (Lipinski definition) is 26. The summed E-state index contributed by atoms with van der Waals surface area (Å²) in [6.45, 7) is 14.2. The van der Waals surface area contributed by atoms with Crippen LogP contribution in [0.5, 0.6) is 0 Å². The molecule has 6 fully saturated rings. The molecule has 26 heteroatoms. The predicted octanol–water partition coefficient (Wildman–Crippen LogP) is 17.1. The molecular weight excluding hydrogens is 1570 g/mol. The Morgan fingerprint density at radius 1 is 0.311 bits per heavy atom. The standard InChI is InChI=1S/C96H174O26/c1-9-13-17-20-23-26-29-32-33-36-39-41-46-51-57-63-74(99)116-87-72(66-97)114-93(82(107)80(87)105)122-90-86(120-92-81(106)79(104)84(68(6)110-92)115-73(98)62-56-50-45-40-37-34-30-27-24-21-18-14-10-2)70(8)112-96(91(90)118-76(101)65-59-52-47-42-38-35-31-28-25-22-19-15-11-3)119-85-69(7)111-95-89(83(85)108)117-75(100)64-58-53-48-43-44-49-55-61-71(60-54-16-12-4)113-94-88(121-95)78(103)77(102)67(5)109-94/h67-72,77-97,102-108H,9-66H2,1-8H3/t67-,68+,69+,70-,71+,72-,77+,78+,79+,80-,81-,82-,83-,84+,85+,86+,87-,88-,89-,90-,91-,92+,93+,94+,95+,96+/m1/s1. The summed E-state index contributed by atoms with van der Waals surface area (Å²) >= 11 is 0. The van der Waals surface area contributed by atoms with E-state index in [0.29, 0.717) is 44.9 Å². The number of carbonyl (C=O) groups is 4. The first-order valence-electron chi connectivity index (χ1n) is 49.9. The molecule has 0 aliphatic carbocycles. The first kappa shape index (κ1) is 108. The van der Waals surface area contributed by atoms with Crippen molar-refractivity contribution in [1.82, 2.24) is 0 Å². The molecule has 6 aliphatic heterocycles. The zero-order chi connectivity index (χ0) is 88.2. The van der Waals surface area contributed by atoms with Gasteiger partial charge in [-0.15, -0.1) is 0 Å². The van der Waals surface area contributed by atoms with Gasteiger partial charge in [-0.2, -0.15) is 0 Å². The molecule has 0 unspecified atom stereocenters. The van der Waals surface area contributed by atoms with Gasteiger partial charge in [0.2, 0.25) is 0 Å². The maximum absolute atomic E-state index is 14.9. The minimum atomic E-state index is -2.05. The third kappa shape index (κ3) is 39.9. The van der Waals surface area contributed by atoms with Crippen molar-refractivity contribution in [3.8, 4) is 0 Å². The monoisotopic (exact) mass is 1740 g/mol. The van der Waals surface area contributed by atoms with Gasteiger partial charge in [0.1, 0.15) is 73.2 Å². The van der Waals surface area contributed by atoms with E-state index in [-0.39, 0.29) is 31.8 Å². The van der Waals surface area contributed by atoms with Crippen molar-refractivity contribution < 1.29 is 126 Å². The molecule has 0 radical (unpaired) electrons. The largest absolute Gasteiger partial charge is 0.457 e. The first-order chi connectivity index (χ1) is 59.2. The lowest BCUT2D eigenvalue weighted by Gasteiger charge is -2.51. The highest BCUT2D eigenvalue weighted by atomic mass is 16.8. The zero-order valence-electron chi connectivity index (χ0n) is 76.9. The van der Waals surface area contributed by atoms with Gasteiger partial charge in [0.25, 0.3) is 0 Å². The number of aliphatic hydroxyl groups excluding tert-OH is 8. The summed E-state index contributed by atoms with van der Waals surface area (Å²) in [6.07, 6.45) is 15.1. The van der Waals surface area contributed by atoms with Crippen molar-refractivity contribution >= 4 is 23.9 Å². The Balaban J connectivity index is 1.27. The van der Waals surface area contributed by atoms with Crippen LogP contribution in [0.3, 0.4) is 0 Å². The van der Waals surface area contributed by atoms with Crippen LogP contribution in [-0.2, 0) is 85.5 Å². The van der Waals surface area contributed by atoms with E-state index in [9.17, 15) is 60.0 Å². The third-order valence-electron chi connectivity index (χ3n) is 25.9. The Hall–Kier alpha value is -2.84. The van der Waals surface area contributed by atoms with Crippen molar-refractivity contribution in [2.24, 2.45) is 0 Å². The molecule has 26 nitrogen and oxygen atoms in total. The summed E-state index contributed by atoms with van der Waals surface area (Å²) in [5, 5.41) is 95.9. The zero-order valence-corrected chi connectivity index (χ0v) is 76.9. The number of unbranched alkanes of at least 4 members (excludes halogenated alkanes) is 40. The molecule has 6 heterocycles. The minimum Gasteiger partial charge on any atom is -0.457 e. The van der Waals surface area contributed by atoms with Crippen molar-refractivity contribution in [3.05, 3.63) is 0 Å². The Bertz CT molecular complexity index is 2660. The second-order valence-corrected chi connectivity index (χ2v) is 36.7. The van der Waals surface area contributed by atoms with Crippen LogP contribution in [0.2, 0.25) is 0 Å². The number of esters is 4. The molecule has 0 aromatic heterocycles. The molecule has 714 valence electrons. The molecule has 6 rings (SSSR count). The molecule has 0 aromatic carbocycles. The molecule has 122 heavy (non-hydrogen) atoms. The smallest absolute Gasteiger partial charge is 0.306 e. The van der Waals surface area contributed by atoms with Crippen LogP contribution in [-0.4, -0.2) is 231 Å². The van der Waals surface area contributed by atoms with E-state index >= 15 is 0 Å². The Morgan fingerprint density at radius 2 is 0.664 bits per heavy atom. The summed E-state index contributed by atoms with van der Waals surface area (Å²) in [7, 11) is 0. The number of rotatable bonds is 58. The van der Waals surface area contributed by atoms with Gasteiger partial charge in [-0.3, -0.25) is 19.2 Å². The highest BCUT2D eigenvalue weighted by Gasteiger charge is 2.59.